The van der Waals surface area contributed by atoms with Crippen LogP contribution in [0.5, 0.6) is 0 Å². The van der Waals surface area contributed by atoms with Crippen LogP contribution in [0, 0.1) is 0 Å². The maximum Gasteiger partial charge on any atom is 0.142 e. The fraction of sp³-hybridized carbons (Fsp3) is 0.842. The molecule has 142 valence electrons. The molecule has 3 N–H and O–H groups in total. The Labute approximate surface area is 150 Å². The van der Waals surface area contributed by atoms with Gasteiger partial charge in [-0.3, -0.25) is 0 Å². The van der Waals surface area contributed by atoms with Crippen LogP contribution < -0.4 is 10.6 Å². The van der Waals surface area contributed by atoms with E-state index < -0.39 is 0 Å². The van der Waals surface area contributed by atoms with Gasteiger partial charge in [-0.2, -0.15) is 0 Å². The van der Waals surface area contributed by atoms with E-state index in [0.717, 1.165) is 56.6 Å². The van der Waals surface area contributed by atoms with Gasteiger partial charge in [0, 0.05) is 30.5 Å². The van der Waals surface area contributed by atoms with E-state index in [1.807, 2.05) is 6.07 Å². The Balaban J connectivity index is 1.50. The summed E-state index contributed by atoms with van der Waals surface area (Å²) in [6.45, 7) is 9.20. The number of aliphatic hydroxyl groups is 1. The van der Waals surface area contributed by atoms with Crippen LogP contribution in [0.25, 0.3) is 0 Å². The molecule has 6 heteroatoms. The standard InChI is InChI=1S/C19H33N3O3/c1-19(2,3)18-11-14(22-25-18)10-15-4-5-16(23)17(24-15)12-21-13-6-8-20-9-7-13/h11,13,15-17,20-21,23H,4-10,12H2,1-3H3/t15-,16-,17+/m0/s1. The van der Waals surface area contributed by atoms with Crippen molar-refractivity contribution in [1.29, 1.82) is 0 Å². The van der Waals surface area contributed by atoms with Gasteiger partial charge in [-0.05, 0) is 38.8 Å². The summed E-state index contributed by atoms with van der Waals surface area (Å²) in [5.74, 6) is 0.905. The van der Waals surface area contributed by atoms with Crippen LogP contribution in [0.2, 0.25) is 0 Å². The molecule has 0 radical (unpaired) electrons. The summed E-state index contributed by atoms with van der Waals surface area (Å²) in [4.78, 5) is 0. The van der Waals surface area contributed by atoms with E-state index in [9.17, 15) is 5.11 Å². The lowest BCUT2D eigenvalue weighted by Gasteiger charge is -2.35. The molecule has 0 aromatic carbocycles. The van der Waals surface area contributed by atoms with Crippen LogP contribution in [0.4, 0.5) is 0 Å². The van der Waals surface area contributed by atoms with Crippen LogP contribution in [0.15, 0.2) is 10.6 Å². The van der Waals surface area contributed by atoms with Gasteiger partial charge in [-0.1, -0.05) is 25.9 Å². The molecule has 2 saturated heterocycles. The normalized spacial score (nSPS) is 29.0. The van der Waals surface area contributed by atoms with Gasteiger partial charge in [-0.15, -0.1) is 0 Å². The van der Waals surface area contributed by atoms with E-state index in [0.29, 0.717) is 12.6 Å². The van der Waals surface area contributed by atoms with Crippen molar-refractivity contribution in [2.45, 2.75) is 82.6 Å². The molecule has 3 rings (SSSR count). The summed E-state index contributed by atoms with van der Waals surface area (Å²) in [7, 11) is 0. The van der Waals surface area contributed by atoms with Gasteiger partial charge >= 0.3 is 0 Å². The first-order chi connectivity index (χ1) is 11.9. The van der Waals surface area contributed by atoms with Crippen LogP contribution in [-0.4, -0.2) is 54.3 Å². The topological polar surface area (TPSA) is 79.5 Å². The van der Waals surface area contributed by atoms with Crippen molar-refractivity contribution >= 4 is 0 Å². The van der Waals surface area contributed by atoms with Crippen molar-refractivity contribution in [3.63, 3.8) is 0 Å². The molecule has 2 aliphatic heterocycles. The largest absolute Gasteiger partial charge is 0.390 e. The number of hydrogen-bond donors (Lipinski definition) is 3. The van der Waals surface area contributed by atoms with Crippen LogP contribution in [0.1, 0.15) is 57.9 Å². The maximum atomic E-state index is 10.3. The lowest BCUT2D eigenvalue weighted by molar-refractivity contribution is -0.115. The third-order valence-corrected chi connectivity index (χ3v) is 5.26. The van der Waals surface area contributed by atoms with Crippen molar-refractivity contribution in [2.75, 3.05) is 19.6 Å². The van der Waals surface area contributed by atoms with Crippen LogP contribution >= 0.6 is 0 Å². The minimum Gasteiger partial charge on any atom is -0.390 e. The number of hydrogen-bond acceptors (Lipinski definition) is 6. The fourth-order valence-electron chi connectivity index (χ4n) is 3.59. The van der Waals surface area contributed by atoms with Gasteiger partial charge in [0.1, 0.15) is 5.76 Å². The minimum absolute atomic E-state index is 0.0316. The highest BCUT2D eigenvalue weighted by Crippen LogP contribution is 2.26. The second-order valence-electron chi connectivity index (χ2n) is 8.51. The summed E-state index contributed by atoms with van der Waals surface area (Å²) in [5, 5.41) is 21.4. The molecule has 0 unspecified atom stereocenters. The predicted molar refractivity (Wildman–Crippen MR) is 96.7 cm³/mol. The molecule has 3 atom stereocenters. The highest BCUT2D eigenvalue weighted by Gasteiger charge is 2.31. The Morgan fingerprint density at radius 1 is 1.24 bits per heavy atom. The number of rotatable bonds is 5. The lowest BCUT2D eigenvalue weighted by atomic mass is 9.92. The van der Waals surface area contributed by atoms with Crippen molar-refractivity contribution in [1.82, 2.24) is 15.8 Å². The Kier molecular flexibility index (Phi) is 6.15. The van der Waals surface area contributed by atoms with E-state index in [1.54, 1.807) is 0 Å². The third kappa shape index (κ3) is 5.26. The average molecular weight is 351 g/mol. The molecule has 6 nitrogen and oxygen atoms in total. The van der Waals surface area contributed by atoms with Gasteiger partial charge in [-0.25, -0.2) is 0 Å². The average Bonchev–Trinajstić information content (AvgIpc) is 3.05. The summed E-state index contributed by atoms with van der Waals surface area (Å²) >= 11 is 0. The van der Waals surface area contributed by atoms with E-state index in [2.05, 4.69) is 36.6 Å². The zero-order valence-electron chi connectivity index (χ0n) is 15.8. The van der Waals surface area contributed by atoms with E-state index in [1.165, 1.54) is 0 Å². The first-order valence-electron chi connectivity index (χ1n) is 9.65. The smallest absolute Gasteiger partial charge is 0.142 e. The number of piperidine rings is 1. The van der Waals surface area contributed by atoms with Crippen molar-refractivity contribution < 1.29 is 14.4 Å². The lowest BCUT2D eigenvalue weighted by Crippen LogP contribution is -2.49. The van der Waals surface area contributed by atoms with Gasteiger partial charge < -0.3 is 25.0 Å². The summed E-state index contributed by atoms with van der Waals surface area (Å²) in [5.41, 5.74) is 0.910. The highest BCUT2D eigenvalue weighted by atomic mass is 16.5. The second kappa shape index (κ2) is 8.16. The number of nitrogens with zero attached hydrogens (tertiary/aromatic N) is 1. The first-order valence-corrected chi connectivity index (χ1v) is 9.65. The second-order valence-corrected chi connectivity index (χ2v) is 8.51. The highest BCUT2D eigenvalue weighted by molar-refractivity contribution is 5.13. The van der Waals surface area contributed by atoms with Gasteiger partial charge in [0.2, 0.25) is 0 Å². The van der Waals surface area contributed by atoms with E-state index in [4.69, 9.17) is 9.26 Å². The van der Waals surface area contributed by atoms with Crippen molar-refractivity contribution in [2.24, 2.45) is 0 Å². The van der Waals surface area contributed by atoms with E-state index in [-0.39, 0.29) is 23.7 Å². The molecule has 1 aromatic heterocycles. The number of aromatic nitrogens is 1. The number of nitrogens with one attached hydrogen (secondary N) is 2. The molecule has 0 bridgehead atoms. The molecule has 0 saturated carbocycles. The Hall–Kier alpha value is -0.950. The third-order valence-electron chi connectivity index (χ3n) is 5.26. The molecular formula is C19H33N3O3. The summed E-state index contributed by atoms with van der Waals surface area (Å²) in [6.07, 6.45) is 4.25. The van der Waals surface area contributed by atoms with Crippen LogP contribution in [0.3, 0.4) is 0 Å². The molecule has 1 aromatic rings. The molecule has 0 amide bonds. The molecular weight excluding hydrogens is 318 g/mol. The maximum absolute atomic E-state index is 10.3. The monoisotopic (exact) mass is 351 g/mol. The molecule has 25 heavy (non-hydrogen) atoms. The molecule has 2 aliphatic rings. The first kappa shape index (κ1) is 18.8. The summed E-state index contributed by atoms with van der Waals surface area (Å²) in [6, 6.07) is 2.57. The van der Waals surface area contributed by atoms with Crippen LogP contribution in [-0.2, 0) is 16.6 Å². The SMILES string of the molecule is CC(C)(C)c1cc(C[C@@H]2CC[C@H](O)[C@@H](CNC3CCNCC3)O2)no1. The molecule has 0 spiro atoms. The zero-order chi connectivity index (χ0) is 17.9. The van der Waals surface area contributed by atoms with Gasteiger partial charge in [0.05, 0.1) is 24.0 Å². The minimum atomic E-state index is -0.382. The molecule has 3 heterocycles. The Morgan fingerprint density at radius 2 is 2.00 bits per heavy atom. The summed E-state index contributed by atoms with van der Waals surface area (Å²) < 4.78 is 11.7. The zero-order valence-corrected chi connectivity index (χ0v) is 15.8. The molecule has 2 fully saturated rings. The van der Waals surface area contributed by atoms with Gasteiger partial charge in [0.25, 0.3) is 0 Å². The predicted octanol–water partition coefficient (Wildman–Crippen LogP) is 1.76. The Morgan fingerprint density at radius 3 is 2.68 bits per heavy atom. The van der Waals surface area contributed by atoms with Gasteiger partial charge in [0.15, 0.2) is 0 Å². The van der Waals surface area contributed by atoms with E-state index >= 15 is 0 Å². The number of ether oxygens (including phenoxy) is 1. The molecule has 0 aliphatic carbocycles. The fourth-order valence-corrected chi connectivity index (χ4v) is 3.59. The number of aliphatic hydroxyl groups excluding tert-OH is 1. The Bertz CT molecular complexity index is 534. The quantitative estimate of drug-likeness (QED) is 0.750. The van der Waals surface area contributed by atoms with Crippen molar-refractivity contribution in [3.05, 3.63) is 17.5 Å². The van der Waals surface area contributed by atoms with Crippen molar-refractivity contribution in [3.8, 4) is 0 Å².